The van der Waals surface area contributed by atoms with E-state index in [1.54, 1.807) is 7.05 Å². The highest BCUT2D eigenvalue weighted by molar-refractivity contribution is 5.26. The van der Waals surface area contributed by atoms with Gasteiger partial charge in [-0.15, -0.1) is 4.98 Å². The number of likely N-dealkylation sites (tertiary alicyclic amines) is 1. The zero-order chi connectivity index (χ0) is 14.2. The molecule has 0 radical (unpaired) electrons. The van der Waals surface area contributed by atoms with E-state index in [9.17, 15) is 0 Å². The lowest BCUT2D eigenvalue weighted by Crippen LogP contribution is -2.33. The molecule has 1 aromatic heterocycles. The third-order valence-electron chi connectivity index (χ3n) is 3.18. The zero-order valence-corrected chi connectivity index (χ0v) is 12.3. The second kappa shape index (κ2) is 7.84. The van der Waals surface area contributed by atoms with E-state index in [-0.39, 0.29) is 0 Å². The number of hydrogen-bond donors (Lipinski definition) is 1. The van der Waals surface area contributed by atoms with Crippen molar-refractivity contribution in [1.82, 2.24) is 19.9 Å². The Kier molecular flexibility index (Phi) is 5.79. The first-order valence-corrected chi connectivity index (χ1v) is 7.23. The molecule has 1 aliphatic heterocycles. The van der Waals surface area contributed by atoms with Crippen LogP contribution in [0.4, 0.5) is 5.95 Å². The van der Waals surface area contributed by atoms with Crippen LogP contribution < -0.4 is 14.8 Å². The molecule has 1 N–H and O–H groups in total. The minimum absolute atomic E-state index is 0.292. The van der Waals surface area contributed by atoms with Crippen LogP contribution in [0.3, 0.4) is 0 Å². The molecule has 0 unspecified atom stereocenters. The van der Waals surface area contributed by atoms with Gasteiger partial charge >= 0.3 is 12.0 Å². The standard InChI is InChI=1S/C13H23N5O2/c1-3-19-12-15-11(14-2)16-13(17-12)20-10-9-18-7-5-4-6-8-18/h3-10H2,1-2H3,(H,14,15,16,17). The largest absolute Gasteiger partial charge is 0.464 e. The van der Waals surface area contributed by atoms with E-state index < -0.39 is 0 Å². The lowest BCUT2D eigenvalue weighted by molar-refractivity contribution is 0.175. The minimum Gasteiger partial charge on any atom is -0.464 e. The van der Waals surface area contributed by atoms with Gasteiger partial charge in [0.05, 0.1) is 6.61 Å². The van der Waals surface area contributed by atoms with Gasteiger partial charge in [-0.05, 0) is 32.9 Å². The number of ether oxygens (including phenoxy) is 2. The molecule has 0 spiro atoms. The van der Waals surface area contributed by atoms with Crippen LogP contribution in [-0.2, 0) is 0 Å². The molecular weight excluding hydrogens is 258 g/mol. The maximum absolute atomic E-state index is 5.61. The van der Waals surface area contributed by atoms with Crippen molar-refractivity contribution >= 4 is 5.95 Å². The van der Waals surface area contributed by atoms with E-state index in [1.165, 1.54) is 19.3 Å². The first-order valence-electron chi connectivity index (χ1n) is 7.23. The van der Waals surface area contributed by atoms with Gasteiger partial charge in [-0.3, -0.25) is 4.90 Å². The molecule has 0 bridgehead atoms. The van der Waals surface area contributed by atoms with E-state index in [0.29, 0.717) is 31.2 Å². The van der Waals surface area contributed by atoms with Crippen LogP contribution in [0.5, 0.6) is 12.0 Å². The highest BCUT2D eigenvalue weighted by atomic mass is 16.5. The van der Waals surface area contributed by atoms with Crippen molar-refractivity contribution in [1.29, 1.82) is 0 Å². The third-order valence-corrected chi connectivity index (χ3v) is 3.18. The summed E-state index contributed by atoms with van der Waals surface area (Å²) in [6, 6.07) is 0.602. The smallest absolute Gasteiger partial charge is 0.324 e. The van der Waals surface area contributed by atoms with Crippen LogP contribution in [0, 0.1) is 0 Å². The molecule has 20 heavy (non-hydrogen) atoms. The molecule has 1 aliphatic rings. The van der Waals surface area contributed by atoms with Gasteiger partial charge in [0.25, 0.3) is 0 Å². The fraction of sp³-hybridized carbons (Fsp3) is 0.769. The quantitative estimate of drug-likeness (QED) is 0.804. The molecule has 7 heteroatoms. The van der Waals surface area contributed by atoms with Gasteiger partial charge in [-0.25, -0.2) is 0 Å². The molecule has 0 aromatic carbocycles. The first kappa shape index (κ1) is 14.8. The summed E-state index contributed by atoms with van der Waals surface area (Å²) in [5.74, 6) is 0.455. The van der Waals surface area contributed by atoms with Gasteiger partial charge in [-0.1, -0.05) is 6.42 Å². The average molecular weight is 281 g/mol. The van der Waals surface area contributed by atoms with Crippen molar-refractivity contribution in [2.24, 2.45) is 0 Å². The Labute approximate surface area is 119 Å². The van der Waals surface area contributed by atoms with Crippen LogP contribution in [0.1, 0.15) is 26.2 Å². The molecule has 7 nitrogen and oxygen atoms in total. The molecule has 1 saturated heterocycles. The predicted octanol–water partition coefficient (Wildman–Crippen LogP) is 1.18. The zero-order valence-electron chi connectivity index (χ0n) is 12.3. The van der Waals surface area contributed by atoms with Gasteiger partial charge in [-0.2, -0.15) is 9.97 Å². The minimum atomic E-state index is 0.292. The number of nitrogens with one attached hydrogen (secondary N) is 1. The van der Waals surface area contributed by atoms with Crippen LogP contribution in [0.25, 0.3) is 0 Å². The van der Waals surface area contributed by atoms with E-state index in [4.69, 9.17) is 9.47 Å². The summed E-state index contributed by atoms with van der Waals surface area (Å²) in [5.41, 5.74) is 0. The van der Waals surface area contributed by atoms with Crippen molar-refractivity contribution in [3.63, 3.8) is 0 Å². The lowest BCUT2D eigenvalue weighted by atomic mass is 10.1. The summed E-state index contributed by atoms with van der Waals surface area (Å²) in [7, 11) is 1.75. The second-order valence-electron chi connectivity index (χ2n) is 4.66. The summed E-state index contributed by atoms with van der Waals surface area (Å²) in [6.45, 7) is 6.21. The van der Waals surface area contributed by atoms with Gasteiger partial charge in [0.1, 0.15) is 6.61 Å². The molecule has 1 aromatic rings. The van der Waals surface area contributed by atoms with Gasteiger partial charge in [0.2, 0.25) is 5.95 Å². The summed E-state index contributed by atoms with van der Waals surface area (Å²) in [5, 5.41) is 2.87. The molecule has 2 rings (SSSR count). The highest BCUT2D eigenvalue weighted by Gasteiger charge is 2.11. The van der Waals surface area contributed by atoms with E-state index >= 15 is 0 Å². The second-order valence-corrected chi connectivity index (χ2v) is 4.66. The number of hydrogen-bond acceptors (Lipinski definition) is 7. The van der Waals surface area contributed by atoms with E-state index in [2.05, 4.69) is 25.2 Å². The molecule has 0 aliphatic carbocycles. The number of aromatic nitrogens is 3. The average Bonchev–Trinajstić information content (AvgIpc) is 2.48. The predicted molar refractivity (Wildman–Crippen MR) is 76.3 cm³/mol. The third kappa shape index (κ3) is 4.48. The lowest BCUT2D eigenvalue weighted by Gasteiger charge is -2.25. The van der Waals surface area contributed by atoms with Gasteiger partial charge in [0, 0.05) is 13.6 Å². The summed E-state index contributed by atoms with van der Waals surface area (Å²) in [4.78, 5) is 14.8. The Morgan fingerprint density at radius 2 is 1.75 bits per heavy atom. The summed E-state index contributed by atoms with van der Waals surface area (Å²) < 4.78 is 10.9. The Morgan fingerprint density at radius 3 is 2.40 bits per heavy atom. The van der Waals surface area contributed by atoms with Crippen LogP contribution in [-0.4, -0.2) is 59.7 Å². The summed E-state index contributed by atoms with van der Waals surface area (Å²) in [6.07, 6.45) is 3.91. The Morgan fingerprint density at radius 1 is 1.05 bits per heavy atom. The fourth-order valence-corrected chi connectivity index (χ4v) is 2.16. The van der Waals surface area contributed by atoms with Crippen LogP contribution in [0.2, 0.25) is 0 Å². The maximum atomic E-state index is 5.61. The monoisotopic (exact) mass is 281 g/mol. The Balaban J connectivity index is 1.85. The highest BCUT2D eigenvalue weighted by Crippen LogP contribution is 2.13. The van der Waals surface area contributed by atoms with Crippen LogP contribution in [0.15, 0.2) is 0 Å². The van der Waals surface area contributed by atoms with Gasteiger partial charge in [0.15, 0.2) is 0 Å². The molecule has 2 heterocycles. The number of rotatable bonds is 7. The van der Waals surface area contributed by atoms with Crippen molar-refractivity contribution in [2.75, 3.05) is 45.2 Å². The van der Waals surface area contributed by atoms with Crippen LogP contribution >= 0.6 is 0 Å². The van der Waals surface area contributed by atoms with Gasteiger partial charge < -0.3 is 14.8 Å². The van der Waals surface area contributed by atoms with Crippen molar-refractivity contribution in [3.8, 4) is 12.0 Å². The van der Waals surface area contributed by atoms with Crippen molar-refractivity contribution < 1.29 is 9.47 Å². The first-order chi connectivity index (χ1) is 9.81. The summed E-state index contributed by atoms with van der Waals surface area (Å²) >= 11 is 0. The molecule has 0 saturated carbocycles. The molecule has 0 amide bonds. The van der Waals surface area contributed by atoms with Crippen molar-refractivity contribution in [3.05, 3.63) is 0 Å². The Bertz CT molecular complexity index is 410. The maximum Gasteiger partial charge on any atom is 0.324 e. The number of anilines is 1. The van der Waals surface area contributed by atoms with E-state index in [1.807, 2.05) is 6.92 Å². The van der Waals surface area contributed by atoms with Crippen molar-refractivity contribution in [2.45, 2.75) is 26.2 Å². The normalized spacial score (nSPS) is 15.9. The topological polar surface area (TPSA) is 72.4 Å². The molecule has 0 atom stereocenters. The molecule has 112 valence electrons. The number of nitrogens with zero attached hydrogens (tertiary/aromatic N) is 4. The Hall–Kier alpha value is -1.63. The SMILES string of the molecule is CCOc1nc(NC)nc(OCCN2CCCCC2)n1. The number of piperidine rings is 1. The van der Waals surface area contributed by atoms with E-state index in [0.717, 1.165) is 19.6 Å². The molecule has 1 fully saturated rings. The molecular formula is C13H23N5O2. The fourth-order valence-electron chi connectivity index (χ4n) is 2.16.